The number of rotatable bonds is 8. The fourth-order valence-corrected chi connectivity index (χ4v) is 2.93. The molecule has 4 heteroatoms. The first kappa shape index (κ1) is 18.4. The lowest BCUT2D eigenvalue weighted by molar-refractivity contribution is -0.127. The summed E-state index contributed by atoms with van der Waals surface area (Å²) in [7, 11) is 0. The van der Waals surface area contributed by atoms with Crippen molar-refractivity contribution in [3.05, 3.63) is 0 Å². The van der Waals surface area contributed by atoms with Crippen LogP contribution in [0.5, 0.6) is 0 Å². The fraction of sp³-hybridized carbons (Fsp3) is 0.941. The summed E-state index contributed by atoms with van der Waals surface area (Å²) in [4.78, 5) is 14.6. The zero-order chi connectivity index (χ0) is 15.8. The lowest BCUT2D eigenvalue weighted by atomic mass is 9.95. The summed E-state index contributed by atoms with van der Waals surface area (Å²) < 4.78 is 0. The van der Waals surface area contributed by atoms with Gasteiger partial charge in [-0.2, -0.15) is 0 Å². The van der Waals surface area contributed by atoms with Gasteiger partial charge in [-0.3, -0.25) is 9.69 Å². The van der Waals surface area contributed by atoms with Crippen LogP contribution in [0.15, 0.2) is 0 Å². The largest absolute Gasteiger partial charge is 0.352 e. The van der Waals surface area contributed by atoms with Crippen molar-refractivity contribution in [2.45, 2.75) is 78.4 Å². The molecule has 1 fully saturated rings. The Morgan fingerprint density at radius 3 is 2.19 bits per heavy atom. The average molecular weight is 297 g/mol. The molecule has 1 aliphatic heterocycles. The van der Waals surface area contributed by atoms with E-state index in [9.17, 15) is 4.79 Å². The Kier molecular flexibility index (Phi) is 8.27. The Bertz CT molecular complexity index is 294. The number of nitrogens with zero attached hydrogens (tertiary/aromatic N) is 1. The molecule has 4 nitrogen and oxygen atoms in total. The lowest BCUT2D eigenvalue weighted by Crippen LogP contribution is -2.51. The van der Waals surface area contributed by atoms with E-state index in [4.69, 9.17) is 0 Å². The van der Waals surface area contributed by atoms with Gasteiger partial charge in [-0.25, -0.2) is 0 Å². The van der Waals surface area contributed by atoms with Gasteiger partial charge in [0.2, 0.25) is 5.91 Å². The van der Waals surface area contributed by atoms with E-state index in [2.05, 4.69) is 43.2 Å². The molecule has 0 aromatic carbocycles. The molecular formula is C17H35N3O. The van der Waals surface area contributed by atoms with Crippen LogP contribution in [0.3, 0.4) is 0 Å². The van der Waals surface area contributed by atoms with Crippen LogP contribution in [0.2, 0.25) is 0 Å². The summed E-state index contributed by atoms with van der Waals surface area (Å²) in [5.74, 6) is 0.959. The van der Waals surface area contributed by atoms with Crippen molar-refractivity contribution in [1.82, 2.24) is 15.5 Å². The number of carbonyl (C=O) groups is 1. The highest BCUT2D eigenvalue weighted by atomic mass is 16.2. The number of nitrogens with one attached hydrogen (secondary N) is 2. The van der Waals surface area contributed by atoms with E-state index in [0.29, 0.717) is 12.1 Å². The van der Waals surface area contributed by atoms with Gasteiger partial charge in [-0.1, -0.05) is 27.7 Å². The van der Waals surface area contributed by atoms with E-state index in [0.717, 1.165) is 38.4 Å². The molecule has 0 aromatic heterocycles. The molecule has 0 aromatic rings. The van der Waals surface area contributed by atoms with Crippen LogP contribution in [-0.2, 0) is 4.79 Å². The number of likely N-dealkylation sites (tertiary alicyclic amines) is 1. The fourth-order valence-electron chi connectivity index (χ4n) is 2.93. The number of carbonyl (C=O) groups excluding carboxylic acids is 1. The maximum absolute atomic E-state index is 12.3. The average Bonchev–Trinajstić information content (AvgIpc) is 2.50. The van der Waals surface area contributed by atoms with Gasteiger partial charge in [0.25, 0.3) is 0 Å². The Balaban J connectivity index is 2.33. The maximum atomic E-state index is 12.3. The van der Waals surface area contributed by atoms with E-state index in [1.54, 1.807) is 0 Å². The molecule has 2 N–H and O–H groups in total. The van der Waals surface area contributed by atoms with Crippen LogP contribution in [0.1, 0.15) is 60.3 Å². The molecule has 21 heavy (non-hydrogen) atoms. The second-order valence-electron chi connectivity index (χ2n) is 6.74. The zero-order valence-electron chi connectivity index (χ0n) is 14.6. The van der Waals surface area contributed by atoms with Gasteiger partial charge < -0.3 is 10.6 Å². The molecule has 1 atom stereocenters. The molecule has 0 spiro atoms. The highest BCUT2D eigenvalue weighted by molar-refractivity contribution is 5.81. The van der Waals surface area contributed by atoms with Gasteiger partial charge in [0.1, 0.15) is 0 Å². The molecule has 1 aliphatic rings. The van der Waals surface area contributed by atoms with Crippen LogP contribution in [0, 0.1) is 5.92 Å². The minimum absolute atomic E-state index is 0.00427. The molecule has 1 saturated heterocycles. The normalized spacial score (nSPS) is 19.2. The third-order valence-electron chi connectivity index (χ3n) is 4.72. The molecule has 124 valence electrons. The SMILES string of the molecule is CCC(CC)NC(=O)C(C)N1CCC(CNC(C)C)CC1. The van der Waals surface area contributed by atoms with Crippen LogP contribution in [-0.4, -0.2) is 48.6 Å². The highest BCUT2D eigenvalue weighted by Crippen LogP contribution is 2.18. The van der Waals surface area contributed by atoms with Crippen molar-refractivity contribution in [1.29, 1.82) is 0 Å². The Labute approximate surface area is 131 Å². The lowest BCUT2D eigenvalue weighted by Gasteiger charge is -2.36. The first-order chi connectivity index (χ1) is 9.97. The molecule has 0 bridgehead atoms. The van der Waals surface area contributed by atoms with Gasteiger partial charge in [-0.05, 0) is 58.2 Å². The van der Waals surface area contributed by atoms with Crippen molar-refractivity contribution in [2.24, 2.45) is 5.92 Å². The zero-order valence-corrected chi connectivity index (χ0v) is 14.6. The monoisotopic (exact) mass is 297 g/mol. The molecule has 0 aliphatic carbocycles. The third kappa shape index (κ3) is 6.35. The Morgan fingerprint density at radius 2 is 1.71 bits per heavy atom. The highest BCUT2D eigenvalue weighted by Gasteiger charge is 2.27. The predicted molar refractivity (Wildman–Crippen MR) is 89.4 cm³/mol. The smallest absolute Gasteiger partial charge is 0.237 e. The molecule has 0 saturated carbocycles. The van der Waals surface area contributed by atoms with E-state index >= 15 is 0 Å². The van der Waals surface area contributed by atoms with E-state index in [1.807, 2.05) is 6.92 Å². The molecular weight excluding hydrogens is 262 g/mol. The van der Waals surface area contributed by atoms with Gasteiger partial charge in [-0.15, -0.1) is 0 Å². The van der Waals surface area contributed by atoms with Crippen LogP contribution < -0.4 is 10.6 Å². The van der Waals surface area contributed by atoms with Gasteiger partial charge >= 0.3 is 0 Å². The van der Waals surface area contributed by atoms with E-state index in [1.165, 1.54) is 12.8 Å². The van der Waals surface area contributed by atoms with Crippen molar-refractivity contribution >= 4 is 5.91 Å². The summed E-state index contributed by atoms with van der Waals surface area (Å²) in [6, 6.07) is 0.894. The minimum atomic E-state index is 0.00427. The van der Waals surface area contributed by atoms with Crippen molar-refractivity contribution < 1.29 is 4.79 Å². The number of hydrogen-bond donors (Lipinski definition) is 2. The standard InChI is InChI=1S/C17H35N3O/c1-6-16(7-2)19-17(21)14(5)20-10-8-15(9-11-20)12-18-13(3)4/h13-16,18H,6-12H2,1-5H3,(H,19,21). The number of piperidine rings is 1. The summed E-state index contributed by atoms with van der Waals surface area (Å²) in [6.07, 6.45) is 4.42. The first-order valence-corrected chi connectivity index (χ1v) is 8.75. The summed E-state index contributed by atoms with van der Waals surface area (Å²) in [5, 5.41) is 6.70. The second kappa shape index (κ2) is 9.42. The van der Waals surface area contributed by atoms with Crippen molar-refractivity contribution in [3.63, 3.8) is 0 Å². The third-order valence-corrected chi connectivity index (χ3v) is 4.72. The van der Waals surface area contributed by atoms with Crippen LogP contribution in [0.25, 0.3) is 0 Å². The molecule has 0 radical (unpaired) electrons. The predicted octanol–water partition coefficient (Wildman–Crippen LogP) is 2.39. The number of amides is 1. The molecule has 1 unspecified atom stereocenters. The van der Waals surface area contributed by atoms with Gasteiger partial charge in [0.15, 0.2) is 0 Å². The molecule has 1 amide bonds. The van der Waals surface area contributed by atoms with Crippen LogP contribution in [0.4, 0.5) is 0 Å². The topological polar surface area (TPSA) is 44.4 Å². The summed E-state index contributed by atoms with van der Waals surface area (Å²) in [5.41, 5.74) is 0. The van der Waals surface area contributed by atoms with Crippen molar-refractivity contribution in [2.75, 3.05) is 19.6 Å². The maximum Gasteiger partial charge on any atom is 0.237 e. The minimum Gasteiger partial charge on any atom is -0.352 e. The van der Waals surface area contributed by atoms with E-state index in [-0.39, 0.29) is 11.9 Å². The summed E-state index contributed by atoms with van der Waals surface area (Å²) >= 11 is 0. The summed E-state index contributed by atoms with van der Waals surface area (Å²) in [6.45, 7) is 13.9. The van der Waals surface area contributed by atoms with Crippen LogP contribution >= 0.6 is 0 Å². The van der Waals surface area contributed by atoms with Crippen molar-refractivity contribution in [3.8, 4) is 0 Å². The molecule has 1 rings (SSSR count). The quantitative estimate of drug-likeness (QED) is 0.723. The Morgan fingerprint density at radius 1 is 1.14 bits per heavy atom. The first-order valence-electron chi connectivity index (χ1n) is 8.75. The second-order valence-corrected chi connectivity index (χ2v) is 6.74. The Hall–Kier alpha value is -0.610. The van der Waals surface area contributed by atoms with Gasteiger partial charge in [0.05, 0.1) is 6.04 Å². The number of hydrogen-bond acceptors (Lipinski definition) is 3. The van der Waals surface area contributed by atoms with E-state index < -0.39 is 0 Å². The molecule has 1 heterocycles. The van der Waals surface area contributed by atoms with Gasteiger partial charge in [0, 0.05) is 12.1 Å².